The number of hydrogen-bond acceptors (Lipinski definition) is 4. The van der Waals surface area contributed by atoms with E-state index in [-0.39, 0.29) is 28.5 Å². The number of carbonyl (C=O) groups is 1. The fourth-order valence-corrected chi connectivity index (χ4v) is 5.24. The van der Waals surface area contributed by atoms with Crippen LogP contribution in [-0.4, -0.2) is 41.2 Å². The molecule has 1 fully saturated rings. The molecule has 1 aromatic carbocycles. The van der Waals surface area contributed by atoms with Crippen LogP contribution in [0.15, 0.2) is 24.3 Å². The third-order valence-electron chi connectivity index (χ3n) is 6.93. The number of halogens is 2. The Balaban J connectivity index is 1.80. The van der Waals surface area contributed by atoms with Gasteiger partial charge in [0.1, 0.15) is 23.3 Å². The zero-order chi connectivity index (χ0) is 21.8. The summed E-state index contributed by atoms with van der Waals surface area (Å²) in [6.45, 7) is 6.15. The summed E-state index contributed by atoms with van der Waals surface area (Å²) in [5, 5.41) is 8.61. The molecule has 0 spiro atoms. The number of aromatic nitrogens is 2. The van der Waals surface area contributed by atoms with Gasteiger partial charge in [0, 0.05) is 19.5 Å². The second-order valence-electron chi connectivity index (χ2n) is 9.02. The van der Waals surface area contributed by atoms with E-state index in [0.29, 0.717) is 12.1 Å². The van der Waals surface area contributed by atoms with Crippen molar-refractivity contribution in [1.29, 1.82) is 0 Å². The molecule has 1 aromatic heterocycles. The highest BCUT2D eigenvalue weighted by molar-refractivity contribution is 5.80. The lowest BCUT2D eigenvalue weighted by atomic mass is 9.77. The van der Waals surface area contributed by atoms with Crippen molar-refractivity contribution in [2.45, 2.75) is 57.7 Å². The molecule has 2 aromatic rings. The summed E-state index contributed by atoms with van der Waals surface area (Å²) in [6, 6.07) is 5.50. The molecule has 2 bridgehead atoms. The van der Waals surface area contributed by atoms with Gasteiger partial charge in [-0.05, 0) is 48.9 Å². The first-order valence-corrected chi connectivity index (χ1v) is 10.4. The number of nitrogens with zero attached hydrogens (tertiary/aromatic N) is 3. The van der Waals surface area contributed by atoms with Gasteiger partial charge < -0.3 is 9.64 Å². The number of fused-ring (bicyclic) bond motifs is 5. The second kappa shape index (κ2) is 7.08. The van der Waals surface area contributed by atoms with Gasteiger partial charge in [0.25, 0.3) is 5.91 Å². The van der Waals surface area contributed by atoms with Gasteiger partial charge in [0.15, 0.2) is 0 Å². The van der Waals surface area contributed by atoms with Gasteiger partial charge in [-0.2, -0.15) is 5.10 Å². The van der Waals surface area contributed by atoms with Crippen LogP contribution >= 0.6 is 0 Å². The van der Waals surface area contributed by atoms with Crippen molar-refractivity contribution in [2.24, 2.45) is 5.41 Å². The van der Waals surface area contributed by atoms with Crippen molar-refractivity contribution in [1.82, 2.24) is 15.1 Å². The number of amides is 1. The highest BCUT2D eigenvalue weighted by atomic mass is 19.1. The predicted octanol–water partition coefficient (Wildman–Crippen LogP) is 4.42. The molecule has 2 aliphatic rings. The van der Waals surface area contributed by atoms with Crippen LogP contribution in [0.5, 0.6) is 0 Å². The van der Waals surface area contributed by atoms with Gasteiger partial charge in [-0.1, -0.05) is 26.8 Å². The molecule has 1 heterocycles. The molecule has 1 saturated carbocycles. The van der Waals surface area contributed by atoms with Crippen molar-refractivity contribution >= 4 is 5.91 Å². The highest BCUT2D eigenvalue weighted by Crippen LogP contribution is 2.68. The minimum Gasteiger partial charge on any atom is -0.355 e. The molecule has 7 heteroatoms. The molecular weight excluding hydrogens is 388 g/mol. The second-order valence-corrected chi connectivity index (χ2v) is 9.02. The summed E-state index contributed by atoms with van der Waals surface area (Å²) in [6.07, 6.45) is 1.55. The standard InChI is InChI=1S/C23H27F2N3O2/c1-6-18(21(29)28(4)5)30-23-11-10-14(22(23,2)3)13-12-17(26-27-20(13)23)19-15(24)8-7-9-16(19)25/h7-9,12,14,18H,6,10-11H2,1-5H3/t14-,18+,23-/m0/s1. The average molecular weight is 415 g/mol. The number of likely N-dealkylation sites (N-methyl/N-ethyl adjacent to an activating group) is 1. The van der Waals surface area contributed by atoms with Gasteiger partial charge in [0.05, 0.1) is 17.0 Å². The van der Waals surface area contributed by atoms with Crippen molar-refractivity contribution < 1.29 is 18.3 Å². The van der Waals surface area contributed by atoms with E-state index >= 15 is 0 Å². The summed E-state index contributed by atoms with van der Waals surface area (Å²) in [7, 11) is 3.43. The molecule has 1 amide bonds. The van der Waals surface area contributed by atoms with Gasteiger partial charge in [-0.25, -0.2) is 8.78 Å². The summed E-state index contributed by atoms with van der Waals surface area (Å²) in [5.41, 5.74) is 0.534. The number of ether oxygens (including phenoxy) is 1. The van der Waals surface area contributed by atoms with E-state index in [2.05, 4.69) is 24.0 Å². The SMILES string of the molecule is CC[C@@H](O[C@@]12CC[C@@H](c3cc(-c4c(F)cccc4F)nnc31)C2(C)C)C(=O)N(C)C. The molecule has 0 radical (unpaired) electrons. The Labute approximate surface area is 175 Å². The third-order valence-corrected chi connectivity index (χ3v) is 6.93. The number of rotatable bonds is 5. The Morgan fingerprint density at radius 1 is 1.27 bits per heavy atom. The van der Waals surface area contributed by atoms with Gasteiger partial charge in [-0.3, -0.25) is 4.79 Å². The van der Waals surface area contributed by atoms with E-state index in [1.54, 1.807) is 20.2 Å². The van der Waals surface area contributed by atoms with Crippen LogP contribution in [-0.2, 0) is 15.1 Å². The summed E-state index contributed by atoms with van der Waals surface area (Å²) in [5.74, 6) is -1.30. The van der Waals surface area contributed by atoms with Crippen molar-refractivity contribution in [3.8, 4) is 11.3 Å². The van der Waals surface area contributed by atoms with Crippen LogP contribution in [0.3, 0.4) is 0 Å². The molecule has 30 heavy (non-hydrogen) atoms. The molecule has 5 nitrogen and oxygen atoms in total. The van der Waals surface area contributed by atoms with E-state index in [1.807, 2.05) is 6.92 Å². The molecule has 3 atom stereocenters. The van der Waals surface area contributed by atoms with Crippen LogP contribution in [0, 0.1) is 17.0 Å². The first kappa shape index (κ1) is 20.8. The lowest BCUT2D eigenvalue weighted by Gasteiger charge is -2.40. The monoisotopic (exact) mass is 415 g/mol. The van der Waals surface area contributed by atoms with Crippen molar-refractivity contribution in [2.75, 3.05) is 14.1 Å². The minimum absolute atomic E-state index is 0.0856. The van der Waals surface area contributed by atoms with E-state index < -0.39 is 23.3 Å². The predicted molar refractivity (Wildman–Crippen MR) is 109 cm³/mol. The number of hydrogen-bond donors (Lipinski definition) is 0. The normalized spacial score (nSPS) is 24.6. The first-order chi connectivity index (χ1) is 14.1. The Hall–Kier alpha value is -2.41. The summed E-state index contributed by atoms with van der Waals surface area (Å²) in [4.78, 5) is 14.2. The smallest absolute Gasteiger partial charge is 0.251 e. The van der Waals surface area contributed by atoms with Crippen LogP contribution in [0.4, 0.5) is 8.78 Å². The molecule has 0 N–H and O–H groups in total. The average Bonchev–Trinajstić information content (AvgIpc) is 3.05. The van der Waals surface area contributed by atoms with Crippen molar-refractivity contribution in [3.63, 3.8) is 0 Å². The number of benzene rings is 1. The zero-order valence-electron chi connectivity index (χ0n) is 18.0. The molecular formula is C23H27F2N3O2. The van der Waals surface area contributed by atoms with E-state index in [1.165, 1.54) is 23.1 Å². The Kier molecular flexibility index (Phi) is 4.92. The molecule has 160 valence electrons. The van der Waals surface area contributed by atoms with E-state index in [9.17, 15) is 13.6 Å². The topological polar surface area (TPSA) is 55.3 Å². The van der Waals surface area contributed by atoms with Crippen LogP contribution < -0.4 is 0 Å². The summed E-state index contributed by atoms with van der Waals surface area (Å²) >= 11 is 0. The third kappa shape index (κ3) is 2.78. The molecule has 0 aliphatic heterocycles. The Bertz CT molecular complexity index is 988. The Morgan fingerprint density at radius 3 is 2.53 bits per heavy atom. The van der Waals surface area contributed by atoms with Gasteiger partial charge in [-0.15, -0.1) is 5.10 Å². The maximum absolute atomic E-state index is 14.3. The molecule has 0 saturated heterocycles. The first-order valence-electron chi connectivity index (χ1n) is 10.4. The maximum atomic E-state index is 14.3. The molecule has 4 rings (SSSR count). The minimum atomic E-state index is -0.751. The fraction of sp³-hybridized carbons (Fsp3) is 0.522. The van der Waals surface area contributed by atoms with E-state index in [0.717, 1.165) is 18.4 Å². The van der Waals surface area contributed by atoms with Crippen molar-refractivity contribution in [3.05, 3.63) is 47.2 Å². The van der Waals surface area contributed by atoms with Crippen LogP contribution in [0.1, 0.15) is 57.2 Å². The van der Waals surface area contributed by atoms with Crippen LogP contribution in [0.25, 0.3) is 11.3 Å². The maximum Gasteiger partial charge on any atom is 0.251 e. The largest absolute Gasteiger partial charge is 0.355 e. The Morgan fingerprint density at radius 2 is 1.93 bits per heavy atom. The van der Waals surface area contributed by atoms with Gasteiger partial charge >= 0.3 is 0 Å². The fourth-order valence-electron chi connectivity index (χ4n) is 5.24. The van der Waals surface area contributed by atoms with Crippen LogP contribution in [0.2, 0.25) is 0 Å². The van der Waals surface area contributed by atoms with Gasteiger partial charge in [0.2, 0.25) is 0 Å². The lowest BCUT2D eigenvalue weighted by Crippen LogP contribution is -2.46. The number of carbonyl (C=O) groups excluding carboxylic acids is 1. The molecule has 2 aliphatic carbocycles. The zero-order valence-corrected chi connectivity index (χ0v) is 18.0. The summed E-state index contributed by atoms with van der Waals surface area (Å²) < 4.78 is 35.2. The lowest BCUT2D eigenvalue weighted by molar-refractivity contribution is -0.174. The van der Waals surface area contributed by atoms with E-state index in [4.69, 9.17) is 4.74 Å². The molecule has 0 unspecified atom stereocenters. The highest BCUT2D eigenvalue weighted by Gasteiger charge is 2.65. The quantitative estimate of drug-likeness (QED) is 0.726.